The number of hydrogen-bond acceptors (Lipinski definition) is 5. The highest BCUT2D eigenvalue weighted by Crippen LogP contribution is 2.35. The molecule has 90 valence electrons. The first-order valence-electron chi connectivity index (χ1n) is 4.67. The first-order valence-corrected chi connectivity index (χ1v) is 6.26. The molecule has 1 aromatic heterocycles. The van der Waals surface area contributed by atoms with Gasteiger partial charge in [-0.25, -0.2) is 0 Å². The third kappa shape index (κ3) is 3.05. The Morgan fingerprint density at radius 2 is 2.00 bits per heavy atom. The summed E-state index contributed by atoms with van der Waals surface area (Å²) < 4.78 is 11.7. The van der Waals surface area contributed by atoms with Crippen LogP contribution < -0.4 is 4.74 Å². The van der Waals surface area contributed by atoms with Crippen molar-refractivity contribution in [2.45, 2.75) is 13.2 Å². The van der Waals surface area contributed by atoms with Crippen molar-refractivity contribution >= 4 is 31.9 Å². The van der Waals surface area contributed by atoms with E-state index in [9.17, 15) is 0 Å². The minimum atomic E-state index is -0.0255. The zero-order chi connectivity index (χ0) is 12.3. The maximum atomic E-state index is 9.04. The molecular formula is C10H8Br2N2O3. The predicted molar refractivity (Wildman–Crippen MR) is 66.4 cm³/mol. The second kappa shape index (κ2) is 5.61. The molecule has 0 atom stereocenters. The van der Waals surface area contributed by atoms with E-state index in [1.807, 2.05) is 0 Å². The van der Waals surface area contributed by atoms with Crippen LogP contribution in [-0.2, 0) is 13.2 Å². The smallest absolute Gasteiger partial charge is 0.213 e. The van der Waals surface area contributed by atoms with Gasteiger partial charge in [0, 0.05) is 0 Å². The molecule has 5 nitrogen and oxygen atoms in total. The van der Waals surface area contributed by atoms with Crippen molar-refractivity contribution in [3.8, 4) is 5.75 Å². The fourth-order valence-electron chi connectivity index (χ4n) is 1.23. The summed E-state index contributed by atoms with van der Waals surface area (Å²) >= 11 is 6.75. The highest BCUT2D eigenvalue weighted by atomic mass is 79.9. The zero-order valence-electron chi connectivity index (χ0n) is 8.56. The van der Waals surface area contributed by atoms with Crippen LogP contribution in [-0.4, -0.2) is 15.2 Å². The molecule has 2 aromatic rings. The molecule has 17 heavy (non-hydrogen) atoms. The number of aromatic nitrogens is 2. The molecule has 1 N–H and O–H groups in total. The van der Waals surface area contributed by atoms with Gasteiger partial charge >= 0.3 is 0 Å². The van der Waals surface area contributed by atoms with Gasteiger partial charge in [0.15, 0.2) is 6.61 Å². The topological polar surface area (TPSA) is 68.4 Å². The van der Waals surface area contributed by atoms with Crippen molar-refractivity contribution in [1.29, 1.82) is 0 Å². The molecule has 0 amide bonds. The van der Waals surface area contributed by atoms with Gasteiger partial charge in [0.05, 0.1) is 15.6 Å². The minimum Gasteiger partial charge on any atom is -0.483 e. The monoisotopic (exact) mass is 362 g/mol. The van der Waals surface area contributed by atoms with Crippen LogP contribution in [0.4, 0.5) is 0 Å². The lowest BCUT2D eigenvalue weighted by Crippen LogP contribution is -1.99. The molecule has 0 bridgehead atoms. The molecule has 0 saturated carbocycles. The lowest BCUT2D eigenvalue weighted by atomic mass is 10.2. The summed E-state index contributed by atoms with van der Waals surface area (Å²) in [6, 6.07) is 3.58. The highest BCUT2D eigenvalue weighted by Gasteiger charge is 2.10. The molecule has 1 heterocycles. The Labute approximate surface area is 114 Å². The lowest BCUT2D eigenvalue weighted by Gasteiger charge is -2.10. The summed E-state index contributed by atoms with van der Waals surface area (Å²) in [4.78, 5) is 3.85. The van der Waals surface area contributed by atoms with Gasteiger partial charge in [-0.2, -0.15) is 4.98 Å². The van der Waals surface area contributed by atoms with E-state index < -0.39 is 0 Å². The highest BCUT2D eigenvalue weighted by molar-refractivity contribution is 9.11. The summed E-state index contributed by atoms with van der Waals surface area (Å²) in [7, 11) is 0. The number of aliphatic hydroxyl groups excluding tert-OH is 1. The lowest BCUT2D eigenvalue weighted by molar-refractivity contribution is 0.276. The average molecular weight is 364 g/mol. The van der Waals surface area contributed by atoms with Crippen molar-refractivity contribution in [1.82, 2.24) is 10.1 Å². The van der Waals surface area contributed by atoms with Crippen molar-refractivity contribution < 1.29 is 14.4 Å². The number of hydrogen-bond donors (Lipinski definition) is 1. The van der Waals surface area contributed by atoms with Gasteiger partial charge in [-0.3, -0.25) is 0 Å². The van der Waals surface area contributed by atoms with Crippen LogP contribution in [0.3, 0.4) is 0 Å². The first-order chi connectivity index (χ1) is 8.20. The van der Waals surface area contributed by atoms with Crippen LogP contribution in [0.1, 0.15) is 11.4 Å². The van der Waals surface area contributed by atoms with Gasteiger partial charge in [-0.05, 0) is 49.6 Å². The maximum Gasteiger partial charge on any atom is 0.213 e. The van der Waals surface area contributed by atoms with E-state index in [2.05, 4.69) is 46.5 Å². The standard InChI is InChI=1S/C10H8Br2N2O3/c11-7-1-6(3-15)2-8(12)10(7)16-4-9-13-5-17-14-9/h1-2,5,15H,3-4H2. The van der Waals surface area contributed by atoms with Crippen LogP contribution in [0.5, 0.6) is 5.75 Å². The Kier molecular flexibility index (Phi) is 4.14. The summed E-state index contributed by atoms with van der Waals surface area (Å²) in [5, 5.41) is 12.7. The number of ether oxygens (including phenoxy) is 1. The normalized spacial score (nSPS) is 10.5. The molecule has 0 aliphatic heterocycles. The van der Waals surface area contributed by atoms with Gasteiger partial charge in [0.25, 0.3) is 0 Å². The minimum absolute atomic E-state index is 0.0255. The predicted octanol–water partition coefficient (Wildman–Crippen LogP) is 2.67. The summed E-state index contributed by atoms with van der Waals surface area (Å²) in [5.74, 6) is 1.10. The number of benzene rings is 1. The summed E-state index contributed by atoms with van der Waals surface area (Å²) in [6.45, 7) is 0.189. The Balaban J connectivity index is 2.15. The molecule has 0 unspecified atom stereocenters. The number of rotatable bonds is 4. The van der Waals surface area contributed by atoms with Gasteiger partial charge in [0.2, 0.25) is 12.2 Å². The molecule has 0 spiro atoms. The maximum absolute atomic E-state index is 9.04. The molecule has 0 aliphatic carbocycles. The molecule has 0 fully saturated rings. The second-order valence-electron chi connectivity index (χ2n) is 3.18. The third-order valence-electron chi connectivity index (χ3n) is 1.99. The fraction of sp³-hybridized carbons (Fsp3) is 0.200. The van der Waals surface area contributed by atoms with Gasteiger partial charge in [-0.15, -0.1) is 0 Å². The van der Waals surface area contributed by atoms with E-state index in [0.717, 1.165) is 14.5 Å². The summed E-state index contributed by atoms with van der Waals surface area (Å²) in [6.07, 6.45) is 1.25. The molecule has 0 aliphatic rings. The van der Waals surface area contributed by atoms with E-state index in [1.165, 1.54) is 6.39 Å². The summed E-state index contributed by atoms with van der Waals surface area (Å²) in [5.41, 5.74) is 0.788. The molecule has 7 heteroatoms. The Morgan fingerprint density at radius 3 is 2.53 bits per heavy atom. The van der Waals surface area contributed by atoms with E-state index in [1.54, 1.807) is 12.1 Å². The largest absolute Gasteiger partial charge is 0.483 e. The first kappa shape index (κ1) is 12.5. The van der Waals surface area contributed by atoms with Crippen LogP contribution in [0.25, 0.3) is 0 Å². The molecule has 2 rings (SSSR count). The Morgan fingerprint density at radius 1 is 1.29 bits per heavy atom. The third-order valence-corrected chi connectivity index (χ3v) is 3.17. The van der Waals surface area contributed by atoms with Crippen LogP contribution in [0.2, 0.25) is 0 Å². The number of halogens is 2. The molecule has 0 saturated heterocycles. The van der Waals surface area contributed by atoms with Crippen LogP contribution >= 0.6 is 31.9 Å². The zero-order valence-corrected chi connectivity index (χ0v) is 11.7. The van der Waals surface area contributed by atoms with E-state index >= 15 is 0 Å². The van der Waals surface area contributed by atoms with Crippen molar-refractivity contribution in [3.63, 3.8) is 0 Å². The van der Waals surface area contributed by atoms with Crippen LogP contribution in [0, 0.1) is 0 Å². The number of nitrogens with zero attached hydrogens (tertiary/aromatic N) is 2. The van der Waals surface area contributed by atoms with Crippen LogP contribution in [0.15, 0.2) is 32.0 Å². The fourth-order valence-corrected chi connectivity index (χ4v) is 2.74. The van der Waals surface area contributed by atoms with Crippen molar-refractivity contribution in [2.75, 3.05) is 0 Å². The van der Waals surface area contributed by atoms with Crippen molar-refractivity contribution in [3.05, 3.63) is 38.9 Å². The molecular weight excluding hydrogens is 356 g/mol. The number of aliphatic hydroxyl groups is 1. The molecule has 0 radical (unpaired) electrons. The SMILES string of the molecule is OCc1cc(Br)c(OCc2ncon2)c(Br)c1. The Bertz CT molecular complexity index is 479. The second-order valence-corrected chi connectivity index (χ2v) is 4.89. The Hall–Kier alpha value is -0.920. The van der Waals surface area contributed by atoms with Gasteiger partial charge in [-0.1, -0.05) is 5.16 Å². The quantitative estimate of drug-likeness (QED) is 0.904. The molecule has 1 aromatic carbocycles. The van der Waals surface area contributed by atoms with Crippen molar-refractivity contribution in [2.24, 2.45) is 0 Å². The average Bonchev–Trinajstić information content (AvgIpc) is 2.80. The van der Waals surface area contributed by atoms with E-state index in [-0.39, 0.29) is 13.2 Å². The van der Waals surface area contributed by atoms with E-state index in [4.69, 9.17) is 9.84 Å². The van der Waals surface area contributed by atoms with Gasteiger partial charge < -0.3 is 14.4 Å². The van der Waals surface area contributed by atoms with Gasteiger partial charge in [0.1, 0.15) is 5.75 Å². The van der Waals surface area contributed by atoms with E-state index in [0.29, 0.717) is 11.6 Å².